The quantitative estimate of drug-likeness (QED) is 0.577. The lowest BCUT2D eigenvalue weighted by Crippen LogP contribution is -2.36. The zero-order valence-corrected chi connectivity index (χ0v) is 18.0. The third-order valence-electron chi connectivity index (χ3n) is 4.57. The van der Waals surface area contributed by atoms with Crippen LogP contribution in [0.2, 0.25) is 0 Å². The molecule has 0 heterocycles. The number of carbonyl (C=O) groups is 2. The molecule has 0 unspecified atom stereocenters. The summed E-state index contributed by atoms with van der Waals surface area (Å²) in [4.78, 5) is 24.4. The van der Waals surface area contributed by atoms with Gasteiger partial charge in [0, 0.05) is 18.7 Å². The fraction of sp³-hybridized carbons (Fsp3) is 0.364. The van der Waals surface area contributed by atoms with Crippen LogP contribution >= 0.6 is 0 Å². The molecule has 8 nitrogen and oxygen atoms in total. The van der Waals surface area contributed by atoms with Gasteiger partial charge in [0.15, 0.2) is 18.1 Å². The van der Waals surface area contributed by atoms with Crippen molar-refractivity contribution in [2.45, 2.75) is 13.8 Å². The molecule has 2 rings (SSSR count). The van der Waals surface area contributed by atoms with Crippen molar-refractivity contribution in [2.75, 3.05) is 41.0 Å². The van der Waals surface area contributed by atoms with E-state index in [0.29, 0.717) is 28.6 Å². The van der Waals surface area contributed by atoms with E-state index in [1.807, 2.05) is 32.0 Å². The Bertz CT molecular complexity index is 872. The maximum Gasteiger partial charge on any atom is 0.258 e. The molecule has 0 aliphatic heterocycles. The Balaban J connectivity index is 1.82. The van der Waals surface area contributed by atoms with E-state index in [1.165, 1.54) is 21.3 Å². The van der Waals surface area contributed by atoms with Crippen LogP contribution in [0.3, 0.4) is 0 Å². The SMILES string of the molecule is COc1cc(C(=O)NCCNC(=O)COc2cccc(C)c2C)cc(OC)c1OC. The third-order valence-corrected chi connectivity index (χ3v) is 4.57. The highest BCUT2D eigenvalue weighted by Crippen LogP contribution is 2.38. The van der Waals surface area contributed by atoms with Crippen LogP contribution < -0.4 is 29.6 Å². The van der Waals surface area contributed by atoms with Crippen LogP contribution in [0.15, 0.2) is 30.3 Å². The second-order valence-electron chi connectivity index (χ2n) is 6.51. The number of amides is 2. The maximum atomic E-state index is 12.4. The van der Waals surface area contributed by atoms with Crippen LogP contribution in [0.1, 0.15) is 21.5 Å². The summed E-state index contributed by atoms with van der Waals surface area (Å²) in [5, 5.41) is 5.45. The molecule has 8 heteroatoms. The van der Waals surface area contributed by atoms with Crippen LogP contribution in [0.5, 0.6) is 23.0 Å². The minimum absolute atomic E-state index is 0.0921. The van der Waals surface area contributed by atoms with E-state index < -0.39 is 0 Å². The molecule has 0 fully saturated rings. The van der Waals surface area contributed by atoms with Crippen LogP contribution in [-0.4, -0.2) is 52.8 Å². The Hall–Kier alpha value is -3.42. The molecule has 2 N–H and O–H groups in total. The lowest BCUT2D eigenvalue weighted by atomic mass is 10.1. The van der Waals surface area contributed by atoms with E-state index in [9.17, 15) is 9.59 Å². The Labute approximate surface area is 176 Å². The van der Waals surface area contributed by atoms with Gasteiger partial charge in [0.1, 0.15) is 5.75 Å². The number of hydrogen-bond acceptors (Lipinski definition) is 6. The second-order valence-corrected chi connectivity index (χ2v) is 6.51. The first kappa shape index (κ1) is 22.9. The molecule has 0 aliphatic rings. The number of hydrogen-bond donors (Lipinski definition) is 2. The first-order chi connectivity index (χ1) is 14.4. The van der Waals surface area contributed by atoms with Crippen molar-refractivity contribution < 1.29 is 28.5 Å². The van der Waals surface area contributed by atoms with Gasteiger partial charge in [-0.25, -0.2) is 0 Å². The zero-order valence-electron chi connectivity index (χ0n) is 18.0. The van der Waals surface area contributed by atoms with Crippen LogP contribution in [0, 0.1) is 13.8 Å². The number of ether oxygens (including phenoxy) is 4. The molecule has 0 atom stereocenters. The number of nitrogens with one attached hydrogen (secondary N) is 2. The topological polar surface area (TPSA) is 95.1 Å². The van der Waals surface area contributed by atoms with Gasteiger partial charge in [-0.05, 0) is 43.2 Å². The molecule has 0 aliphatic carbocycles. The predicted octanol–water partition coefficient (Wildman–Crippen LogP) is 2.25. The van der Waals surface area contributed by atoms with E-state index in [0.717, 1.165) is 11.1 Å². The lowest BCUT2D eigenvalue weighted by molar-refractivity contribution is -0.123. The van der Waals surface area contributed by atoms with Gasteiger partial charge in [-0.15, -0.1) is 0 Å². The van der Waals surface area contributed by atoms with Crippen molar-refractivity contribution in [3.63, 3.8) is 0 Å². The van der Waals surface area contributed by atoms with Gasteiger partial charge >= 0.3 is 0 Å². The summed E-state index contributed by atoms with van der Waals surface area (Å²) in [6.45, 7) is 4.36. The van der Waals surface area contributed by atoms with Gasteiger partial charge in [-0.2, -0.15) is 0 Å². The lowest BCUT2D eigenvalue weighted by Gasteiger charge is -2.14. The summed E-state index contributed by atoms with van der Waals surface area (Å²) in [6.07, 6.45) is 0. The molecule has 0 spiro atoms. The van der Waals surface area contributed by atoms with Gasteiger partial charge in [0.2, 0.25) is 5.75 Å². The van der Waals surface area contributed by atoms with E-state index in [-0.39, 0.29) is 31.5 Å². The number of benzene rings is 2. The normalized spacial score (nSPS) is 10.2. The Morgan fingerprint density at radius 3 is 2.10 bits per heavy atom. The average Bonchev–Trinajstić information content (AvgIpc) is 2.76. The van der Waals surface area contributed by atoms with Crippen molar-refractivity contribution in [3.05, 3.63) is 47.0 Å². The molecule has 2 aromatic rings. The predicted molar refractivity (Wildman–Crippen MR) is 113 cm³/mol. The van der Waals surface area contributed by atoms with Crippen molar-refractivity contribution in [1.29, 1.82) is 0 Å². The largest absolute Gasteiger partial charge is 0.493 e. The summed E-state index contributed by atoms with van der Waals surface area (Å²) in [5.41, 5.74) is 2.46. The molecule has 0 bridgehead atoms. The number of methoxy groups -OCH3 is 3. The number of carbonyl (C=O) groups excluding carboxylic acids is 2. The van der Waals surface area contributed by atoms with E-state index in [2.05, 4.69) is 10.6 Å². The van der Waals surface area contributed by atoms with Crippen molar-refractivity contribution in [3.8, 4) is 23.0 Å². The van der Waals surface area contributed by atoms with Crippen LogP contribution in [0.25, 0.3) is 0 Å². The highest BCUT2D eigenvalue weighted by Gasteiger charge is 2.16. The van der Waals surface area contributed by atoms with E-state index >= 15 is 0 Å². The monoisotopic (exact) mass is 416 g/mol. The fourth-order valence-corrected chi connectivity index (χ4v) is 2.77. The van der Waals surface area contributed by atoms with Gasteiger partial charge < -0.3 is 29.6 Å². The van der Waals surface area contributed by atoms with E-state index in [4.69, 9.17) is 18.9 Å². The summed E-state index contributed by atoms with van der Waals surface area (Å²) in [6, 6.07) is 8.82. The zero-order chi connectivity index (χ0) is 22.1. The number of rotatable bonds is 10. The highest BCUT2D eigenvalue weighted by atomic mass is 16.5. The molecule has 0 saturated heterocycles. The van der Waals surface area contributed by atoms with Gasteiger partial charge in [-0.1, -0.05) is 12.1 Å². The molecule has 0 aromatic heterocycles. The molecule has 162 valence electrons. The molecule has 0 radical (unpaired) electrons. The summed E-state index contributed by atoms with van der Waals surface area (Å²) in [5.74, 6) is 1.28. The standard InChI is InChI=1S/C22H28N2O6/c1-14-7-6-8-17(15(14)2)30-13-20(25)23-9-10-24-22(26)16-11-18(27-3)21(29-5)19(12-16)28-4/h6-8,11-12H,9-10,13H2,1-5H3,(H,23,25)(H,24,26). The Morgan fingerprint density at radius 2 is 1.50 bits per heavy atom. The maximum absolute atomic E-state index is 12.4. The highest BCUT2D eigenvalue weighted by molar-refractivity contribution is 5.95. The van der Waals surface area contributed by atoms with Crippen molar-refractivity contribution >= 4 is 11.8 Å². The summed E-state index contributed by atoms with van der Waals surface area (Å²) >= 11 is 0. The van der Waals surface area contributed by atoms with E-state index in [1.54, 1.807) is 12.1 Å². The minimum atomic E-state index is -0.324. The average molecular weight is 416 g/mol. The molecule has 0 saturated carbocycles. The Morgan fingerprint density at radius 1 is 0.867 bits per heavy atom. The van der Waals surface area contributed by atoms with Crippen LogP contribution in [-0.2, 0) is 4.79 Å². The molecule has 30 heavy (non-hydrogen) atoms. The summed E-state index contributed by atoms with van der Waals surface area (Å²) < 4.78 is 21.3. The first-order valence-corrected chi connectivity index (χ1v) is 9.45. The van der Waals surface area contributed by atoms with Gasteiger partial charge in [0.25, 0.3) is 11.8 Å². The fourth-order valence-electron chi connectivity index (χ4n) is 2.77. The second kappa shape index (κ2) is 10.9. The smallest absolute Gasteiger partial charge is 0.258 e. The van der Waals surface area contributed by atoms with Crippen molar-refractivity contribution in [1.82, 2.24) is 10.6 Å². The van der Waals surface area contributed by atoms with Crippen molar-refractivity contribution in [2.24, 2.45) is 0 Å². The third kappa shape index (κ3) is 5.79. The summed E-state index contributed by atoms with van der Waals surface area (Å²) in [7, 11) is 4.45. The minimum Gasteiger partial charge on any atom is -0.493 e. The number of aryl methyl sites for hydroxylation is 1. The molecular weight excluding hydrogens is 388 g/mol. The van der Waals surface area contributed by atoms with Gasteiger partial charge in [0.05, 0.1) is 21.3 Å². The van der Waals surface area contributed by atoms with Crippen LogP contribution in [0.4, 0.5) is 0 Å². The molecule has 2 aromatic carbocycles. The van der Waals surface area contributed by atoms with Gasteiger partial charge in [-0.3, -0.25) is 9.59 Å². The molecule has 2 amide bonds. The Kier molecular flexibility index (Phi) is 8.34. The molecular formula is C22H28N2O6. The first-order valence-electron chi connectivity index (χ1n) is 9.45.